The molecule has 2 atom stereocenters. The standard InChI is InChI=1S/C13H24N4O/c1-16-7-6-15-12(16)9-17(2)11-4-3-5-13(14,8-11)10-18/h6-7,11,18H,3-5,8-10,14H2,1-2H3. The Balaban J connectivity index is 1.97. The smallest absolute Gasteiger partial charge is 0.122 e. The van der Waals surface area contributed by atoms with E-state index < -0.39 is 5.54 Å². The number of nitrogens with two attached hydrogens (primary N) is 1. The SMILES string of the molecule is CN(Cc1nccn1C)C1CCCC(N)(CO)C1. The van der Waals surface area contributed by atoms with Crippen molar-refractivity contribution in [2.75, 3.05) is 13.7 Å². The van der Waals surface area contributed by atoms with Crippen LogP contribution in [0.15, 0.2) is 12.4 Å². The summed E-state index contributed by atoms with van der Waals surface area (Å²) in [6.07, 6.45) is 7.82. The molecule has 0 spiro atoms. The molecular formula is C13H24N4O. The summed E-state index contributed by atoms with van der Waals surface area (Å²) in [5, 5.41) is 9.39. The summed E-state index contributed by atoms with van der Waals surface area (Å²) >= 11 is 0. The monoisotopic (exact) mass is 252 g/mol. The van der Waals surface area contributed by atoms with Crippen molar-refractivity contribution in [2.45, 2.75) is 43.8 Å². The largest absolute Gasteiger partial charge is 0.394 e. The third kappa shape index (κ3) is 2.91. The highest BCUT2D eigenvalue weighted by Gasteiger charge is 2.34. The number of aromatic nitrogens is 2. The summed E-state index contributed by atoms with van der Waals surface area (Å²) in [5.41, 5.74) is 5.80. The predicted molar refractivity (Wildman–Crippen MR) is 70.9 cm³/mol. The van der Waals surface area contributed by atoms with Crippen LogP contribution in [0.2, 0.25) is 0 Å². The van der Waals surface area contributed by atoms with E-state index in [2.05, 4.69) is 16.9 Å². The Hall–Kier alpha value is -0.910. The van der Waals surface area contributed by atoms with Gasteiger partial charge in [-0.15, -0.1) is 0 Å². The Labute approximate surface area is 109 Å². The lowest BCUT2D eigenvalue weighted by atomic mass is 9.80. The second kappa shape index (κ2) is 5.38. The average molecular weight is 252 g/mol. The summed E-state index contributed by atoms with van der Waals surface area (Å²) in [4.78, 5) is 6.65. The lowest BCUT2D eigenvalue weighted by Crippen LogP contribution is -2.52. The van der Waals surface area contributed by atoms with E-state index in [0.717, 1.165) is 38.1 Å². The molecule has 3 N–H and O–H groups in total. The van der Waals surface area contributed by atoms with Crippen molar-refractivity contribution in [1.29, 1.82) is 0 Å². The van der Waals surface area contributed by atoms with Crippen molar-refractivity contribution in [1.82, 2.24) is 14.5 Å². The molecule has 1 aliphatic carbocycles. The van der Waals surface area contributed by atoms with Gasteiger partial charge in [0.25, 0.3) is 0 Å². The maximum Gasteiger partial charge on any atom is 0.122 e. The first-order chi connectivity index (χ1) is 8.54. The Morgan fingerprint density at radius 2 is 2.44 bits per heavy atom. The first-order valence-corrected chi connectivity index (χ1v) is 6.60. The lowest BCUT2D eigenvalue weighted by Gasteiger charge is -2.40. The van der Waals surface area contributed by atoms with Crippen LogP contribution < -0.4 is 5.73 Å². The van der Waals surface area contributed by atoms with Crippen molar-refractivity contribution >= 4 is 0 Å². The summed E-state index contributed by atoms with van der Waals surface area (Å²) in [7, 11) is 4.13. The molecule has 5 heteroatoms. The van der Waals surface area contributed by atoms with Crippen molar-refractivity contribution in [2.24, 2.45) is 12.8 Å². The Kier molecular flexibility index (Phi) is 4.04. The molecule has 0 radical (unpaired) electrons. The number of aryl methyl sites for hydroxylation is 1. The van der Waals surface area contributed by atoms with E-state index in [-0.39, 0.29) is 6.61 Å². The fourth-order valence-corrected chi connectivity index (χ4v) is 2.78. The van der Waals surface area contributed by atoms with Gasteiger partial charge in [0.15, 0.2) is 0 Å². The van der Waals surface area contributed by atoms with Gasteiger partial charge in [0, 0.05) is 31.0 Å². The van der Waals surface area contributed by atoms with Crippen molar-refractivity contribution in [3.63, 3.8) is 0 Å². The van der Waals surface area contributed by atoms with Gasteiger partial charge in [0.05, 0.1) is 13.2 Å². The minimum absolute atomic E-state index is 0.0831. The van der Waals surface area contributed by atoms with Gasteiger partial charge in [0.1, 0.15) is 5.82 Å². The van der Waals surface area contributed by atoms with Crippen LogP contribution in [0.5, 0.6) is 0 Å². The number of hydrogen-bond donors (Lipinski definition) is 2. The second-order valence-electron chi connectivity index (χ2n) is 5.64. The molecule has 1 aromatic heterocycles. The third-order valence-corrected chi connectivity index (χ3v) is 4.10. The zero-order chi connectivity index (χ0) is 13.2. The van der Waals surface area contributed by atoms with Gasteiger partial charge in [-0.25, -0.2) is 4.98 Å². The van der Waals surface area contributed by atoms with Gasteiger partial charge >= 0.3 is 0 Å². The molecule has 0 saturated heterocycles. The molecule has 1 aromatic rings. The van der Waals surface area contributed by atoms with Crippen LogP contribution in [0.3, 0.4) is 0 Å². The Morgan fingerprint density at radius 1 is 1.67 bits per heavy atom. The molecular weight excluding hydrogens is 228 g/mol. The average Bonchev–Trinajstić information content (AvgIpc) is 2.75. The second-order valence-corrected chi connectivity index (χ2v) is 5.64. The fourth-order valence-electron chi connectivity index (χ4n) is 2.78. The number of hydrogen-bond acceptors (Lipinski definition) is 4. The van der Waals surface area contributed by atoms with Crippen molar-refractivity contribution in [3.8, 4) is 0 Å². The molecule has 5 nitrogen and oxygen atoms in total. The van der Waals surface area contributed by atoms with E-state index in [4.69, 9.17) is 5.73 Å². The van der Waals surface area contributed by atoms with Crippen LogP contribution in [0, 0.1) is 0 Å². The molecule has 2 unspecified atom stereocenters. The van der Waals surface area contributed by atoms with Gasteiger partial charge in [-0.1, -0.05) is 0 Å². The fraction of sp³-hybridized carbons (Fsp3) is 0.769. The molecule has 1 heterocycles. The van der Waals surface area contributed by atoms with Crippen LogP contribution in [0.25, 0.3) is 0 Å². The zero-order valence-corrected chi connectivity index (χ0v) is 11.3. The van der Waals surface area contributed by atoms with Crippen LogP contribution in [-0.4, -0.2) is 44.8 Å². The highest BCUT2D eigenvalue weighted by molar-refractivity contribution is 4.96. The van der Waals surface area contributed by atoms with E-state index in [1.54, 1.807) is 0 Å². The van der Waals surface area contributed by atoms with Gasteiger partial charge in [-0.2, -0.15) is 0 Å². The molecule has 1 saturated carbocycles. The van der Waals surface area contributed by atoms with Gasteiger partial charge in [-0.3, -0.25) is 4.90 Å². The topological polar surface area (TPSA) is 67.3 Å². The molecule has 0 aliphatic heterocycles. The predicted octanol–water partition coefficient (Wildman–Crippen LogP) is 0.484. The Bertz CT molecular complexity index is 392. The minimum Gasteiger partial charge on any atom is -0.394 e. The molecule has 102 valence electrons. The van der Waals surface area contributed by atoms with Crippen LogP contribution in [0.4, 0.5) is 0 Å². The summed E-state index contributed by atoms with van der Waals surface area (Å²) < 4.78 is 2.04. The number of rotatable bonds is 4. The zero-order valence-electron chi connectivity index (χ0n) is 11.3. The van der Waals surface area contributed by atoms with Crippen molar-refractivity contribution in [3.05, 3.63) is 18.2 Å². The molecule has 0 bridgehead atoms. The summed E-state index contributed by atoms with van der Waals surface area (Å²) in [6.45, 7) is 0.912. The summed E-state index contributed by atoms with van der Waals surface area (Å²) in [6, 6.07) is 0.438. The molecule has 1 fully saturated rings. The maximum atomic E-state index is 9.39. The number of nitrogens with zero attached hydrogens (tertiary/aromatic N) is 3. The molecule has 2 rings (SSSR count). The van der Waals surface area contributed by atoms with Crippen LogP contribution in [-0.2, 0) is 13.6 Å². The third-order valence-electron chi connectivity index (χ3n) is 4.10. The van der Waals surface area contributed by atoms with E-state index in [1.165, 1.54) is 0 Å². The van der Waals surface area contributed by atoms with E-state index in [9.17, 15) is 5.11 Å². The Morgan fingerprint density at radius 3 is 3.06 bits per heavy atom. The number of aliphatic hydroxyl groups is 1. The molecule has 18 heavy (non-hydrogen) atoms. The highest BCUT2D eigenvalue weighted by atomic mass is 16.3. The van der Waals surface area contributed by atoms with Crippen molar-refractivity contribution < 1.29 is 5.11 Å². The van der Waals surface area contributed by atoms with E-state index in [1.807, 2.05) is 24.0 Å². The number of aliphatic hydroxyl groups excluding tert-OH is 1. The first-order valence-electron chi connectivity index (χ1n) is 6.60. The summed E-state index contributed by atoms with van der Waals surface area (Å²) in [5.74, 6) is 1.06. The van der Waals surface area contributed by atoms with Crippen LogP contribution >= 0.6 is 0 Å². The van der Waals surface area contributed by atoms with Gasteiger partial charge < -0.3 is 15.4 Å². The van der Waals surface area contributed by atoms with Gasteiger partial charge in [0.2, 0.25) is 0 Å². The minimum atomic E-state index is -0.390. The van der Waals surface area contributed by atoms with E-state index >= 15 is 0 Å². The first kappa shape index (κ1) is 13.5. The number of imidazole rings is 1. The van der Waals surface area contributed by atoms with E-state index in [0.29, 0.717) is 6.04 Å². The molecule has 0 amide bonds. The maximum absolute atomic E-state index is 9.39. The lowest BCUT2D eigenvalue weighted by molar-refractivity contribution is 0.0897. The van der Waals surface area contributed by atoms with Crippen LogP contribution in [0.1, 0.15) is 31.5 Å². The highest BCUT2D eigenvalue weighted by Crippen LogP contribution is 2.29. The van der Waals surface area contributed by atoms with Gasteiger partial charge in [-0.05, 0) is 32.7 Å². The normalized spacial score (nSPS) is 28.8. The quantitative estimate of drug-likeness (QED) is 0.818. The molecule has 0 aromatic carbocycles. The molecule has 1 aliphatic rings.